The average Bonchev–Trinajstić information content (AvgIpc) is 3.44. The molecule has 0 spiro atoms. The van der Waals surface area contributed by atoms with Crippen LogP contribution in [0.25, 0.3) is 16.6 Å². The number of anilines is 1. The van der Waals surface area contributed by atoms with Gasteiger partial charge in [0.1, 0.15) is 23.0 Å². The maximum atomic E-state index is 15.1. The van der Waals surface area contributed by atoms with Crippen LogP contribution in [0, 0.1) is 11.6 Å². The van der Waals surface area contributed by atoms with Gasteiger partial charge in [0.05, 0.1) is 53.4 Å². The smallest absolute Gasteiger partial charge is 0.382 e. The van der Waals surface area contributed by atoms with Gasteiger partial charge in [0.15, 0.2) is 0 Å². The molecule has 1 fully saturated rings. The van der Waals surface area contributed by atoms with Crippen molar-refractivity contribution in [3.05, 3.63) is 70.7 Å². The minimum absolute atomic E-state index is 0.0556. The molecule has 180 valence electrons. The summed E-state index contributed by atoms with van der Waals surface area (Å²) in [5.41, 5.74) is 5.44. The number of hydrogen-bond donors (Lipinski definition) is 1. The van der Waals surface area contributed by atoms with E-state index in [1.165, 1.54) is 29.6 Å². The van der Waals surface area contributed by atoms with E-state index in [2.05, 4.69) is 9.97 Å². The van der Waals surface area contributed by atoms with E-state index in [4.69, 9.17) is 10.5 Å². The van der Waals surface area contributed by atoms with E-state index in [-0.39, 0.29) is 47.6 Å². The topological polar surface area (TPSA) is 85.8 Å². The Hall–Kier alpha value is -3.80. The molecule has 2 aromatic heterocycles. The number of nitrogens with zero attached hydrogens (tertiary/aromatic N) is 4. The van der Waals surface area contributed by atoms with Crippen LogP contribution in [0.1, 0.15) is 33.1 Å². The number of aromatic nitrogens is 3. The summed E-state index contributed by atoms with van der Waals surface area (Å²) in [4.78, 5) is 23.1. The summed E-state index contributed by atoms with van der Waals surface area (Å²) in [6.45, 7) is 0.133. The minimum atomic E-state index is -4.85. The minimum Gasteiger partial charge on any atom is -0.382 e. The fraction of sp³-hybridized carbons (Fsp3) is 0.261. The van der Waals surface area contributed by atoms with Crippen LogP contribution in [0.4, 0.5) is 27.8 Å². The molecule has 0 bridgehead atoms. The highest BCUT2D eigenvalue weighted by atomic mass is 19.4. The molecule has 1 aliphatic heterocycles. The molecule has 35 heavy (non-hydrogen) atoms. The molecular formula is C23H16F5N5O2. The third-order valence-electron chi connectivity index (χ3n) is 6.62. The van der Waals surface area contributed by atoms with Crippen molar-refractivity contribution in [1.82, 2.24) is 19.3 Å². The molecule has 1 amide bonds. The highest BCUT2D eigenvalue weighted by Crippen LogP contribution is 2.44. The van der Waals surface area contributed by atoms with E-state index in [1.807, 2.05) is 0 Å². The fourth-order valence-electron chi connectivity index (χ4n) is 5.06. The van der Waals surface area contributed by atoms with Gasteiger partial charge in [0.2, 0.25) is 0 Å². The Bertz CT molecular complexity index is 1530. The number of morpholine rings is 1. The van der Waals surface area contributed by atoms with Gasteiger partial charge in [-0.3, -0.25) is 9.20 Å². The van der Waals surface area contributed by atoms with E-state index in [9.17, 15) is 22.4 Å². The number of halogens is 5. The summed E-state index contributed by atoms with van der Waals surface area (Å²) in [5, 5.41) is 0. The van der Waals surface area contributed by atoms with Crippen LogP contribution in [0.3, 0.4) is 0 Å². The number of carbonyl (C=O) groups is 1. The lowest BCUT2D eigenvalue weighted by Gasteiger charge is -2.38. The average molecular weight is 489 g/mol. The van der Waals surface area contributed by atoms with Crippen molar-refractivity contribution in [3.8, 4) is 0 Å². The lowest BCUT2D eigenvalue weighted by molar-refractivity contribution is -0.140. The van der Waals surface area contributed by atoms with Gasteiger partial charge in [0.25, 0.3) is 5.91 Å². The molecule has 2 N–H and O–H groups in total. The van der Waals surface area contributed by atoms with Crippen molar-refractivity contribution in [1.29, 1.82) is 0 Å². The Morgan fingerprint density at radius 2 is 1.97 bits per heavy atom. The first kappa shape index (κ1) is 21.7. The largest absolute Gasteiger partial charge is 0.419 e. The number of hydrogen-bond acceptors (Lipinski definition) is 5. The molecule has 0 radical (unpaired) electrons. The number of imidazole rings is 1. The molecule has 4 aromatic rings. The van der Waals surface area contributed by atoms with Gasteiger partial charge in [-0.1, -0.05) is 6.07 Å². The quantitative estimate of drug-likeness (QED) is 0.410. The third-order valence-corrected chi connectivity index (χ3v) is 6.62. The lowest BCUT2D eigenvalue weighted by Crippen LogP contribution is -2.46. The first-order valence-corrected chi connectivity index (χ1v) is 10.7. The van der Waals surface area contributed by atoms with Crippen molar-refractivity contribution < 1.29 is 31.5 Å². The van der Waals surface area contributed by atoms with Gasteiger partial charge in [-0.05, 0) is 23.3 Å². The third kappa shape index (κ3) is 3.16. The van der Waals surface area contributed by atoms with Gasteiger partial charge in [0, 0.05) is 19.0 Å². The molecule has 7 nitrogen and oxygen atoms in total. The number of benzene rings is 2. The fourth-order valence-corrected chi connectivity index (χ4v) is 5.06. The van der Waals surface area contributed by atoms with Crippen LogP contribution in [0.15, 0.2) is 36.8 Å². The summed E-state index contributed by atoms with van der Waals surface area (Å²) >= 11 is 0. The van der Waals surface area contributed by atoms with Crippen LogP contribution in [-0.2, 0) is 17.3 Å². The Morgan fingerprint density at radius 3 is 2.74 bits per heavy atom. The summed E-state index contributed by atoms with van der Waals surface area (Å²) < 4.78 is 76.7. The molecule has 3 heterocycles. The highest BCUT2D eigenvalue weighted by molar-refractivity contribution is 5.99. The summed E-state index contributed by atoms with van der Waals surface area (Å²) in [6, 6.07) is 3.40. The van der Waals surface area contributed by atoms with Gasteiger partial charge in [-0.25, -0.2) is 18.7 Å². The van der Waals surface area contributed by atoms with E-state index < -0.39 is 41.4 Å². The number of rotatable bonds is 1. The standard InChI is InChI=1S/C23H16F5N5O2/c24-14-7-15-16(33-9-30-8-17(33)21(29)31-15)5-12(14)22(34)32-3-4-35-18-6-11-10(20(18)32)1-2-13(19(11)25)23(26,27)28/h1-2,5,7-9,18,20H,3-4,6H2,(H2,29,31). The number of nitrogen functional groups attached to an aromatic ring is 1. The molecule has 2 atom stereocenters. The zero-order valence-corrected chi connectivity index (χ0v) is 17.8. The van der Waals surface area contributed by atoms with Gasteiger partial charge in [-0.15, -0.1) is 0 Å². The number of carbonyl (C=O) groups excluding carboxylic acids is 1. The Labute approximate surface area is 193 Å². The number of amides is 1. The maximum absolute atomic E-state index is 15.1. The van der Waals surface area contributed by atoms with Gasteiger partial charge < -0.3 is 15.4 Å². The van der Waals surface area contributed by atoms with Crippen molar-refractivity contribution >= 4 is 28.3 Å². The van der Waals surface area contributed by atoms with E-state index in [0.717, 1.165) is 6.07 Å². The normalized spacial score (nSPS) is 19.9. The maximum Gasteiger partial charge on any atom is 0.419 e. The van der Waals surface area contributed by atoms with E-state index >= 15 is 4.39 Å². The first-order valence-electron chi connectivity index (χ1n) is 10.7. The second-order valence-corrected chi connectivity index (χ2v) is 8.52. The Morgan fingerprint density at radius 1 is 1.17 bits per heavy atom. The van der Waals surface area contributed by atoms with Gasteiger partial charge in [-0.2, -0.15) is 13.2 Å². The molecule has 12 heteroatoms. The zero-order chi connectivity index (χ0) is 24.6. The molecule has 1 saturated heterocycles. The summed E-state index contributed by atoms with van der Waals surface area (Å²) in [6.07, 6.45) is -2.78. The molecule has 2 unspecified atom stereocenters. The monoisotopic (exact) mass is 489 g/mol. The molecule has 0 saturated carbocycles. The van der Waals surface area contributed by atoms with Crippen molar-refractivity contribution in [2.24, 2.45) is 0 Å². The molecule has 6 rings (SSSR count). The molecular weight excluding hydrogens is 473 g/mol. The Kier molecular flexibility index (Phi) is 4.56. The molecule has 2 aromatic carbocycles. The predicted octanol–water partition coefficient (Wildman–Crippen LogP) is 3.90. The van der Waals surface area contributed by atoms with Crippen LogP contribution >= 0.6 is 0 Å². The summed E-state index contributed by atoms with van der Waals surface area (Å²) in [5.74, 6) is -2.76. The second kappa shape index (κ2) is 7.35. The van der Waals surface area contributed by atoms with Gasteiger partial charge >= 0.3 is 6.18 Å². The van der Waals surface area contributed by atoms with E-state index in [1.54, 1.807) is 4.40 Å². The number of fused-ring (bicyclic) bond motifs is 6. The number of ether oxygens (including phenoxy) is 1. The predicted molar refractivity (Wildman–Crippen MR) is 113 cm³/mol. The number of alkyl halides is 3. The van der Waals surface area contributed by atoms with Crippen molar-refractivity contribution in [3.63, 3.8) is 0 Å². The highest BCUT2D eigenvalue weighted by Gasteiger charge is 2.46. The van der Waals surface area contributed by atoms with Crippen LogP contribution in [0.5, 0.6) is 0 Å². The van der Waals surface area contributed by atoms with Crippen molar-refractivity contribution in [2.45, 2.75) is 24.7 Å². The molecule has 1 aliphatic carbocycles. The Balaban J connectivity index is 1.45. The number of nitrogens with two attached hydrogens (primary N) is 1. The second-order valence-electron chi connectivity index (χ2n) is 8.52. The summed E-state index contributed by atoms with van der Waals surface area (Å²) in [7, 11) is 0. The van der Waals surface area contributed by atoms with Crippen LogP contribution in [-0.4, -0.2) is 44.4 Å². The zero-order valence-electron chi connectivity index (χ0n) is 17.8. The van der Waals surface area contributed by atoms with E-state index in [0.29, 0.717) is 17.1 Å². The lowest BCUT2D eigenvalue weighted by atomic mass is 10.0. The molecule has 2 aliphatic rings. The van der Waals surface area contributed by atoms with Crippen molar-refractivity contribution in [2.75, 3.05) is 18.9 Å². The van der Waals surface area contributed by atoms with Crippen LogP contribution in [0.2, 0.25) is 0 Å². The van der Waals surface area contributed by atoms with Crippen LogP contribution < -0.4 is 5.73 Å². The SMILES string of the molecule is Nc1nc2cc(F)c(C(=O)N3CCOC4Cc5c(ccc(C(F)(F)F)c5F)C43)cc2n2cncc12. The first-order chi connectivity index (χ1) is 16.6.